The summed E-state index contributed by atoms with van der Waals surface area (Å²) in [6.45, 7) is 2.91. The summed E-state index contributed by atoms with van der Waals surface area (Å²) in [5, 5.41) is 3.46. The molecule has 2 aromatic rings. The van der Waals surface area contributed by atoms with Gasteiger partial charge in [0, 0.05) is 43.2 Å². The molecular formula is C21H24N2O3. The van der Waals surface area contributed by atoms with Crippen LogP contribution in [0.1, 0.15) is 36.8 Å². The summed E-state index contributed by atoms with van der Waals surface area (Å²) in [7, 11) is 0. The first-order valence-corrected chi connectivity index (χ1v) is 9.55. The minimum Gasteiger partial charge on any atom is -0.472 e. The molecule has 1 spiro atoms. The van der Waals surface area contributed by atoms with Gasteiger partial charge in [-0.05, 0) is 61.4 Å². The van der Waals surface area contributed by atoms with Crippen molar-refractivity contribution in [2.75, 3.05) is 30.0 Å². The summed E-state index contributed by atoms with van der Waals surface area (Å²) in [5.41, 5.74) is 4.06. The van der Waals surface area contributed by atoms with E-state index in [2.05, 4.69) is 28.4 Å². The summed E-state index contributed by atoms with van der Waals surface area (Å²) >= 11 is 0. The van der Waals surface area contributed by atoms with E-state index in [4.69, 9.17) is 9.15 Å². The molecular weight excluding hydrogens is 328 g/mol. The number of anilines is 2. The van der Waals surface area contributed by atoms with Crippen LogP contribution in [-0.2, 0) is 21.5 Å². The smallest absolute Gasteiger partial charge is 0.237 e. The van der Waals surface area contributed by atoms with E-state index in [1.807, 2.05) is 6.07 Å². The van der Waals surface area contributed by atoms with Crippen molar-refractivity contribution in [1.82, 2.24) is 0 Å². The zero-order valence-electron chi connectivity index (χ0n) is 14.9. The highest BCUT2D eigenvalue weighted by Crippen LogP contribution is 2.49. The molecule has 2 fully saturated rings. The first-order chi connectivity index (χ1) is 12.8. The molecule has 0 bridgehead atoms. The molecule has 1 saturated carbocycles. The predicted molar refractivity (Wildman–Crippen MR) is 99.3 cm³/mol. The Bertz CT molecular complexity index is 805. The number of ether oxygens (including phenoxy) is 1. The molecule has 136 valence electrons. The highest BCUT2D eigenvalue weighted by molar-refractivity contribution is 6.08. The molecule has 1 saturated heterocycles. The lowest BCUT2D eigenvalue weighted by Crippen LogP contribution is -2.44. The molecule has 1 N–H and O–H groups in total. The molecule has 3 aliphatic rings. The van der Waals surface area contributed by atoms with Crippen LogP contribution >= 0.6 is 0 Å². The average molecular weight is 352 g/mol. The van der Waals surface area contributed by atoms with Crippen molar-refractivity contribution in [1.29, 1.82) is 0 Å². The minimum absolute atomic E-state index is 0.287. The second kappa shape index (κ2) is 6.16. The zero-order chi connectivity index (χ0) is 17.6. The highest BCUT2D eigenvalue weighted by Gasteiger charge is 2.52. The molecule has 2 aliphatic heterocycles. The fraction of sp³-hybridized carbons (Fsp3) is 0.476. The quantitative estimate of drug-likeness (QED) is 0.891. The van der Waals surface area contributed by atoms with Crippen molar-refractivity contribution in [2.24, 2.45) is 5.92 Å². The van der Waals surface area contributed by atoms with Crippen molar-refractivity contribution in [3.05, 3.63) is 47.9 Å². The lowest BCUT2D eigenvalue weighted by Gasteiger charge is -2.32. The van der Waals surface area contributed by atoms with Crippen LogP contribution in [0, 0.1) is 5.92 Å². The number of hydrogen-bond acceptors (Lipinski definition) is 4. The largest absolute Gasteiger partial charge is 0.472 e. The van der Waals surface area contributed by atoms with Gasteiger partial charge in [0.05, 0.1) is 17.9 Å². The number of nitrogens with one attached hydrogen (secondary N) is 1. The third-order valence-electron chi connectivity index (χ3n) is 6.02. The summed E-state index contributed by atoms with van der Waals surface area (Å²) in [6, 6.07) is 8.36. The van der Waals surface area contributed by atoms with E-state index in [0.29, 0.717) is 25.7 Å². The second-order valence-electron chi connectivity index (χ2n) is 7.77. The Labute approximate surface area is 153 Å². The van der Waals surface area contributed by atoms with Crippen molar-refractivity contribution in [3.8, 4) is 0 Å². The van der Waals surface area contributed by atoms with Gasteiger partial charge < -0.3 is 19.4 Å². The van der Waals surface area contributed by atoms with Gasteiger partial charge in [0.2, 0.25) is 5.91 Å². The van der Waals surface area contributed by atoms with Crippen LogP contribution in [-0.4, -0.2) is 25.7 Å². The van der Waals surface area contributed by atoms with Gasteiger partial charge in [0.1, 0.15) is 0 Å². The van der Waals surface area contributed by atoms with Gasteiger partial charge in [-0.15, -0.1) is 0 Å². The van der Waals surface area contributed by atoms with E-state index in [1.165, 1.54) is 18.4 Å². The van der Waals surface area contributed by atoms with Crippen LogP contribution in [0.25, 0.3) is 0 Å². The number of fused-ring (bicyclic) bond motifs is 2. The SMILES string of the molecule is O=C1N(CC2CC2)c2ccc(NCc3ccoc3)cc2C12CCOCC2. The van der Waals surface area contributed by atoms with Crippen LogP contribution in [0.3, 0.4) is 0 Å². The maximum atomic E-state index is 13.4. The second-order valence-corrected chi connectivity index (χ2v) is 7.77. The van der Waals surface area contributed by atoms with Crippen molar-refractivity contribution < 1.29 is 13.9 Å². The molecule has 1 amide bonds. The van der Waals surface area contributed by atoms with E-state index in [-0.39, 0.29) is 5.91 Å². The number of benzene rings is 1. The maximum Gasteiger partial charge on any atom is 0.237 e. The Morgan fingerprint density at radius 3 is 2.77 bits per heavy atom. The van der Waals surface area contributed by atoms with Crippen molar-refractivity contribution in [3.63, 3.8) is 0 Å². The summed E-state index contributed by atoms with van der Waals surface area (Å²) in [4.78, 5) is 15.4. The minimum atomic E-state index is -0.393. The van der Waals surface area contributed by atoms with Crippen LogP contribution in [0.5, 0.6) is 0 Å². The molecule has 5 rings (SSSR count). The Morgan fingerprint density at radius 2 is 2.04 bits per heavy atom. The molecule has 1 aromatic heterocycles. The molecule has 0 radical (unpaired) electrons. The van der Waals surface area contributed by atoms with Gasteiger partial charge in [-0.2, -0.15) is 0 Å². The van der Waals surface area contributed by atoms with Crippen molar-refractivity contribution in [2.45, 2.75) is 37.6 Å². The van der Waals surface area contributed by atoms with Gasteiger partial charge in [-0.25, -0.2) is 0 Å². The normalized spacial score (nSPS) is 21.2. The molecule has 3 heterocycles. The lowest BCUT2D eigenvalue weighted by atomic mass is 9.75. The first kappa shape index (κ1) is 15.9. The molecule has 26 heavy (non-hydrogen) atoms. The van der Waals surface area contributed by atoms with Gasteiger partial charge in [0.15, 0.2) is 0 Å². The molecule has 0 unspecified atom stereocenters. The molecule has 5 heteroatoms. The third-order valence-corrected chi connectivity index (χ3v) is 6.02. The number of hydrogen-bond donors (Lipinski definition) is 1. The predicted octanol–water partition coefficient (Wildman–Crippen LogP) is 3.70. The fourth-order valence-electron chi connectivity index (χ4n) is 4.29. The molecule has 5 nitrogen and oxygen atoms in total. The van der Waals surface area contributed by atoms with E-state index < -0.39 is 5.41 Å². The van der Waals surface area contributed by atoms with Gasteiger partial charge in [-0.1, -0.05) is 0 Å². The summed E-state index contributed by atoms with van der Waals surface area (Å²) < 4.78 is 10.7. The standard InChI is InChI=1S/C21H24N2O3/c24-20-21(6-9-25-10-7-21)18-11-17(22-12-16-5-8-26-14-16)3-4-19(18)23(20)13-15-1-2-15/h3-5,8,11,14-15,22H,1-2,6-7,9-10,12-13H2. The molecule has 1 aliphatic carbocycles. The number of carbonyl (C=O) groups is 1. The lowest BCUT2D eigenvalue weighted by molar-refractivity contribution is -0.126. The first-order valence-electron chi connectivity index (χ1n) is 9.55. The van der Waals surface area contributed by atoms with Gasteiger partial charge in [0.25, 0.3) is 0 Å². The fourth-order valence-corrected chi connectivity index (χ4v) is 4.29. The Morgan fingerprint density at radius 1 is 1.19 bits per heavy atom. The van der Waals surface area contributed by atoms with Crippen LogP contribution in [0.15, 0.2) is 41.2 Å². The van der Waals surface area contributed by atoms with E-state index in [1.54, 1.807) is 12.5 Å². The number of rotatable bonds is 5. The Balaban J connectivity index is 1.47. The molecule has 0 atom stereocenters. The zero-order valence-corrected chi connectivity index (χ0v) is 14.9. The van der Waals surface area contributed by atoms with Gasteiger partial charge >= 0.3 is 0 Å². The maximum absolute atomic E-state index is 13.4. The number of furan rings is 1. The Hall–Kier alpha value is -2.27. The third kappa shape index (κ3) is 2.62. The summed E-state index contributed by atoms with van der Waals surface area (Å²) in [5.74, 6) is 0.968. The van der Waals surface area contributed by atoms with E-state index in [9.17, 15) is 4.79 Å². The Kier molecular flexibility index (Phi) is 3.78. The topological polar surface area (TPSA) is 54.7 Å². The average Bonchev–Trinajstić information content (AvgIpc) is 3.30. The highest BCUT2D eigenvalue weighted by atomic mass is 16.5. The monoisotopic (exact) mass is 352 g/mol. The number of nitrogens with zero attached hydrogens (tertiary/aromatic N) is 1. The van der Waals surface area contributed by atoms with Gasteiger partial charge in [-0.3, -0.25) is 4.79 Å². The van der Waals surface area contributed by atoms with E-state index in [0.717, 1.165) is 36.3 Å². The van der Waals surface area contributed by atoms with Crippen molar-refractivity contribution >= 4 is 17.3 Å². The van der Waals surface area contributed by atoms with Crippen LogP contribution in [0.4, 0.5) is 11.4 Å². The number of carbonyl (C=O) groups excluding carboxylic acids is 1. The van der Waals surface area contributed by atoms with E-state index >= 15 is 0 Å². The van der Waals surface area contributed by atoms with Crippen LogP contribution < -0.4 is 10.2 Å². The van der Waals surface area contributed by atoms with Crippen LogP contribution in [0.2, 0.25) is 0 Å². The molecule has 1 aromatic carbocycles. The summed E-state index contributed by atoms with van der Waals surface area (Å²) in [6.07, 6.45) is 7.50. The number of amides is 1.